The van der Waals surface area contributed by atoms with Crippen molar-refractivity contribution >= 4 is 33.2 Å². The van der Waals surface area contributed by atoms with Crippen molar-refractivity contribution in [2.24, 2.45) is 7.05 Å². The van der Waals surface area contributed by atoms with Gasteiger partial charge in [0.1, 0.15) is 5.82 Å². The van der Waals surface area contributed by atoms with Gasteiger partial charge in [0.15, 0.2) is 0 Å². The highest BCUT2D eigenvalue weighted by atomic mass is 35.5. The first kappa shape index (κ1) is 28.1. The zero-order valence-corrected chi connectivity index (χ0v) is 24.4. The number of fused-ring (bicyclic) bond motifs is 1. The Hall–Kier alpha value is -3.46. The third kappa shape index (κ3) is 5.99. The van der Waals surface area contributed by atoms with Gasteiger partial charge in [0.25, 0.3) is 0 Å². The van der Waals surface area contributed by atoms with Crippen LogP contribution in [0.15, 0.2) is 90.1 Å². The molecule has 5 rings (SSSR count). The second kappa shape index (κ2) is 11.2. The van der Waals surface area contributed by atoms with Crippen LogP contribution in [0.1, 0.15) is 55.2 Å². The number of anilines is 1. The van der Waals surface area contributed by atoms with Crippen molar-refractivity contribution in [2.45, 2.75) is 56.0 Å². The van der Waals surface area contributed by atoms with Crippen LogP contribution >= 0.6 is 11.6 Å². The second-order valence-corrected chi connectivity index (χ2v) is 13.1. The third-order valence-electron chi connectivity index (χ3n) is 7.59. The van der Waals surface area contributed by atoms with E-state index in [0.29, 0.717) is 30.1 Å². The number of rotatable bonds is 9. The highest BCUT2D eigenvalue weighted by Gasteiger charge is 2.31. The van der Waals surface area contributed by atoms with Gasteiger partial charge in [-0.05, 0) is 65.3 Å². The summed E-state index contributed by atoms with van der Waals surface area (Å²) in [6, 6.07) is 21.7. The molecule has 1 atom stereocenters. The zero-order valence-electron chi connectivity index (χ0n) is 22.8. The molecule has 0 fully saturated rings. The van der Waals surface area contributed by atoms with Crippen molar-refractivity contribution in [1.29, 1.82) is 0 Å². The molecule has 3 aromatic carbocycles. The van der Waals surface area contributed by atoms with Crippen LogP contribution < -0.4 is 9.62 Å². The van der Waals surface area contributed by atoms with E-state index < -0.39 is 16.1 Å². The number of nitrogens with zero attached hydrogens (tertiary/aromatic N) is 3. The average molecular weight is 577 g/mol. The lowest BCUT2D eigenvalue weighted by molar-refractivity contribution is -0.119. The molecule has 7 nitrogen and oxygen atoms in total. The van der Waals surface area contributed by atoms with Gasteiger partial charge in [-0.25, -0.2) is 18.1 Å². The van der Waals surface area contributed by atoms with E-state index in [1.807, 2.05) is 66.3 Å². The largest absolute Gasteiger partial charge is 0.337 e. The van der Waals surface area contributed by atoms with E-state index in [9.17, 15) is 13.2 Å². The summed E-state index contributed by atoms with van der Waals surface area (Å²) in [5.41, 5.74) is 3.36. The van der Waals surface area contributed by atoms with E-state index in [2.05, 4.69) is 23.6 Å². The minimum Gasteiger partial charge on any atom is -0.337 e. The molecule has 0 saturated carbocycles. The zero-order chi connectivity index (χ0) is 28.5. The number of benzene rings is 3. The first-order valence-corrected chi connectivity index (χ1v) is 15.1. The first-order chi connectivity index (χ1) is 19.0. The number of halogens is 1. The van der Waals surface area contributed by atoms with Gasteiger partial charge in [-0.3, -0.25) is 4.79 Å². The average Bonchev–Trinajstić information content (AvgIpc) is 3.52. The van der Waals surface area contributed by atoms with Crippen LogP contribution in [0.4, 0.5) is 5.69 Å². The van der Waals surface area contributed by atoms with Crippen LogP contribution in [-0.2, 0) is 40.2 Å². The predicted octanol–water partition coefficient (Wildman–Crippen LogP) is 5.94. The number of aryl methyl sites for hydroxylation is 2. The number of hydrogen-bond donors (Lipinski definition) is 1. The molecule has 1 aliphatic rings. The number of carbonyl (C=O) groups is 1. The lowest BCUT2D eigenvalue weighted by atomic mass is 9.81. The Balaban J connectivity index is 1.46. The Morgan fingerprint density at radius 2 is 1.88 bits per heavy atom. The van der Waals surface area contributed by atoms with Crippen LogP contribution in [0.3, 0.4) is 0 Å². The maximum absolute atomic E-state index is 14.0. The van der Waals surface area contributed by atoms with Gasteiger partial charge in [0.05, 0.1) is 11.4 Å². The number of amides is 1. The SMILES string of the molecule is Cn1ccnc1CN(C(=O)CC(C)(C)c1ccccc1)c1ccc2c(c1)[C@@H](NS(=O)(=O)c1cccc(Cl)c1)CC2. The predicted molar refractivity (Wildman–Crippen MR) is 158 cm³/mol. The quantitative estimate of drug-likeness (QED) is 0.267. The molecule has 1 amide bonds. The first-order valence-electron chi connectivity index (χ1n) is 13.3. The van der Waals surface area contributed by atoms with Crippen LogP contribution in [-0.4, -0.2) is 23.9 Å². The molecule has 9 heteroatoms. The molecule has 0 spiro atoms. The lowest BCUT2D eigenvalue weighted by Crippen LogP contribution is -2.36. The van der Waals surface area contributed by atoms with Gasteiger partial charge in [-0.15, -0.1) is 0 Å². The van der Waals surface area contributed by atoms with Gasteiger partial charge >= 0.3 is 0 Å². The van der Waals surface area contributed by atoms with Gasteiger partial charge in [-0.2, -0.15) is 0 Å². The topological polar surface area (TPSA) is 84.3 Å². The van der Waals surface area contributed by atoms with Gasteiger partial charge in [0.2, 0.25) is 15.9 Å². The van der Waals surface area contributed by atoms with Crippen molar-refractivity contribution in [1.82, 2.24) is 14.3 Å². The number of sulfonamides is 1. The maximum atomic E-state index is 14.0. The minimum absolute atomic E-state index is 0.0362. The molecule has 0 bridgehead atoms. The van der Waals surface area contributed by atoms with Crippen LogP contribution in [0.25, 0.3) is 0 Å². The molecular formula is C31H33ClN4O3S. The van der Waals surface area contributed by atoms with Gasteiger partial charge in [0, 0.05) is 42.6 Å². The smallest absolute Gasteiger partial charge is 0.241 e. The Morgan fingerprint density at radius 3 is 2.58 bits per heavy atom. The van der Waals surface area contributed by atoms with Gasteiger partial charge < -0.3 is 9.47 Å². The lowest BCUT2D eigenvalue weighted by Gasteiger charge is -2.30. The third-order valence-corrected chi connectivity index (χ3v) is 9.30. The molecule has 0 saturated heterocycles. The molecule has 0 unspecified atom stereocenters. The summed E-state index contributed by atoms with van der Waals surface area (Å²) < 4.78 is 31.1. The summed E-state index contributed by atoms with van der Waals surface area (Å²) in [5, 5.41) is 0.360. The Bertz CT molecular complexity index is 1630. The molecule has 1 N–H and O–H groups in total. The summed E-state index contributed by atoms with van der Waals surface area (Å²) in [4.78, 5) is 20.3. The monoisotopic (exact) mass is 576 g/mol. The van der Waals surface area contributed by atoms with E-state index in [-0.39, 0.29) is 16.2 Å². The number of nitrogens with one attached hydrogen (secondary N) is 1. The number of carbonyl (C=O) groups excluding carboxylic acids is 1. The van der Waals surface area contributed by atoms with Crippen molar-refractivity contribution < 1.29 is 13.2 Å². The molecule has 0 aliphatic heterocycles. The normalized spacial score (nSPS) is 15.2. The van der Waals surface area contributed by atoms with E-state index in [0.717, 1.165) is 28.9 Å². The van der Waals surface area contributed by atoms with E-state index in [1.54, 1.807) is 23.2 Å². The molecule has 4 aromatic rings. The Kier molecular flexibility index (Phi) is 7.86. The minimum atomic E-state index is -3.79. The molecule has 208 valence electrons. The fourth-order valence-corrected chi connectivity index (χ4v) is 6.80. The van der Waals surface area contributed by atoms with Crippen molar-refractivity contribution in [3.63, 3.8) is 0 Å². The highest BCUT2D eigenvalue weighted by molar-refractivity contribution is 7.89. The van der Waals surface area contributed by atoms with E-state index in [1.165, 1.54) is 12.1 Å². The van der Waals surface area contributed by atoms with Crippen LogP contribution in [0.5, 0.6) is 0 Å². The number of aromatic nitrogens is 2. The van der Waals surface area contributed by atoms with E-state index in [4.69, 9.17) is 11.6 Å². The summed E-state index contributed by atoms with van der Waals surface area (Å²) in [7, 11) is -1.88. The molecule has 40 heavy (non-hydrogen) atoms. The van der Waals surface area contributed by atoms with Crippen LogP contribution in [0.2, 0.25) is 5.02 Å². The standard InChI is InChI=1S/C31H33ClN4O3S/c1-31(2,23-8-5-4-6-9-23)20-30(37)36(21-29-33-16-17-35(29)3)25-14-12-22-13-15-28(27(22)19-25)34-40(38,39)26-11-7-10-24(32)18-26/h4-12,14,16-19,28,34H,13,15,20-21H2,1-3H3/t28-/m0/s1. The molecule has 1 aliphatic carbocycles. The Morgan fingerprint density at radius 1 is 1.10 bits per heavy atom. The molecule has 1 aromatic heterocycles. The summed E-state index contributed by atoms with van der Waals surface area (Å²) >= 11 is 6.05. The van der Waals surface area contributed by atoms with E-state index >= 15 is 0 Å². The molecule has 0 radical (unpaired) electrons. The van der Waals surface area contributed by atoms with Crippen LogP contribution in [0, 0.1) is 0 Å². The number of imidazole rings is 1. The second-order valence-electron chi connectivity index (χ2n) is 10.9. The summed E-state index contributed by atoms with van der Waals surface area (Å²) in [5.74, 6) is 0.718. The maximum Gasteiger partial charge on any atom is 0.241 e. The summed E-state index contributed by atoms with van der Waals surface area (Å²) in [6.45, 7) is 4.44. The summed E-state index contributed by atoms with van der Waals surface area (Å²) in [6.07, 6.45) is 5.24. The Labute approximate surface area is 240 Å². The fourth-order valence-electron chi connectivity index (χ4n) is 5.25. The highest BCUT2D eigenvalue weighted by Crippen LogP contribution is 2.37. The number of hydrogen-bond acceptors (Lipinski definition) is 4. The van der Waals surface area contributed by atoms with Gasteiger partial charge in [-0.1, -0.05) is 67.9 Å². The fraction of sp³-hybridized carbons (Fsp3) is 0.290. The van der Waals surface area contributed by atoms with Crippen molar-refractivity contribution in [3.8, 4) is 0 Å². The van der Waals surface area contributed by atoms with Crippen molar-refractivity contribution in [2.75, 3.05) is 4.90 Å². The molecule has 1 heterocycles. The van der Waals surface area contributed by atoms with Crippen molar-refractivity contribution in [3.05, 3.63) is 113 Å². The molecular weight excluding hydrogens is 544 g/mol.